The molecule has 6 heteroatoms. The summed E-state index contributed by atoms with van der Waals surface area (Å²) in [5, 5.41) is 30.5. The van der Waals surface area contributed by atoms with E-state index in [0.717, 1.165) is 5.57 Å². The third kappa shape index (κ3) is 1.95. The SMILES string of the molecule is C/C(=C\CC12OC(C)C3CC(C=C4C(O)c5ccc(O)cc5OC431)C2=O)CO. The van der Waals surface area contributed by atoms with Crippen LogP contribution in [0.2, 0.25) is 0 Å². The van der Waals surface area contributed by atoms with Crippen molar-refractivity contribution >= 4 is 5.78 Å². The monoisotopic (exact) mass is 384 g/mol. The van der Waals surface area contributed by atoms with Gasteiger partial charge in [-0.1, -0.05) is 17.7 Å². The summed E-state index contributed by atoms with van der Waals surface area (Å²) in [5.74, 6) is -0.00545. The van der Waals surface area contributed by atoms with Crippen molar-refractivity contribution < 1.29 is 29.6 Å². The first kappa shape index (κ1) is 17.9. The lowest BCUT2D eigenvalue weighted by Crippen LogP contribution is -2.71. The second kappa shape index (κ2) is 5.69. The number of hydrogen-bond donors (Lipinski definition) is 3. The molecule has 1 saturated heterocycles. The van der Waals surface area contributed by atoms with E-state index in [4.69, 9.17) is 9.47 Å². The Morgan fingerprint density at radius 2 is 2.18 bits per heavy atom. The molecule has 4 bridgehead atoms. The van der Waals surface area contributed by atoms with Gasteiger partial charge in [0.25, 0.3) is 0 Å². The molecule has 1 aromatic rings. The predicted molar refractivity (Wildman–Crippen MR) is 99.9 cm³/mol. The molecule has 1 spiro atoms. The number of rotatable bonds is 3. The van der Waals surface area contributed by atoms with Crippen molar-refractivity contribution in [3.63, 3.8) is 0 Å². The van der Waals surface area contributed by atoms with Crippen LogP contribution in [0.4, 0.5) is 0 Å². The van der Waals surface area contributed by atoms with Gasteiger partial charge in [0.15, 0.2) is 17.0 Å². The lowest BCUT2D eigenvalue weighted by molar-refractivity contribution is -0.171. The highest BCUT2D eigenvalue weighted by Crippen LogP contribution is 2.66. The highest BCUT2D eigenvalue weighted by molar-refractivity contribution is 5.97. The van der Waals surface area contributed by atoms with Gasteiger partial charge in [-0.25, -0.2) is 0 Å². The van der Waals surface area contributed by atoms with E-state index in [2.05, 4.69) is 0 Å². The van der Waals surface area contributed by atoms with E-state index in [9.17, 15) is 20.1 Å². The second-order valence-corrected chi connectivity index (χ2v) is 8.46. The maximum atomic E-state index is 13.5. The molecule has 6 unspecified atom stereocenters. The Morgan fingerprint density at radius 3 is 2.93 bits per heavy atom. The van der Waals surface area contributed by atoms with E-state index >= 15 is 0 Å². The highest BCUT2D eigenvalue weighted by atomic mass is 16.6. The van der Waals surface area contributed by atoms with E-state index < -0.39 is 17.3 Å². The largest absolute Gasteiger partial charge is 0.508 e. The van der Waals surface area contributed by atoms with Crippen LogP contribution in [0.1, 0.15) is 38.4 Å². The van der Waals surface area contributed by atoms with Gasteiger partial charge in [0, 0.05) is 35.5 Å². The van der Waals surface area contributed by atoms with Crippen LogP contribution in [0.3, 0.4) is 0 Å². The Labute approximate surface area is 163 Å². The van der Waals surface area contributed by atoms with Crippen LogP contribution >= 0.6 is 0 Å². The Bertz CT molecular complexity index is 933. The number of benzene rings is 1. The smallest absolute Gasteiger partial charge is 0.176 e. The van der Waals surface area contributed by atoms with Crippen LogP contribution in [-0.2, 0) is 9.53 Å². The molecule has 0 aromatic heterocycles. The normalized spacial score (nSPS) is 40.6. The molecule has 6 atom stereocenters. The van der Waals surface area contributed by atoms with Gasteiger partial charge in [0.05, 0.1) is 12.7 Å². The molecule has 1 aromatic carbocycles. The molecular weight excluding hydrogens is 360 g/mol. The molecule has 1 saturated carbocycles. The van der Waals surface area contributed by atoms with Crippen molar-refractivity contribution in [1.29, 1.82) is 0 Å². The number of aliphatic hydroxyl groups is 2. The minimum absolute atomic E-state index is 0.0327. The first-order chi connectivity index (χ1) is 13.3. The number of Topliss-reactive ketones (excluding diaryl/α,β-unsaturated/α-hetero) is 1. The number of fused-ring (bicyclic) bond motifs is 1. The van der Waals surface area contributed by atoms with Crippen LogP contribution < -0.4 is 4.74 Å². The first-order valence-electron chi connectivity index (χ1n) is 9.75. The minimum atomic E-state index is -1.25. The highest BCUT2D eigenvalue weighted by Gasteiger charge is 2.78. The Kier molecular flexibility index (Phi) is 3.64. The number of phenols is 1. The maximum Gasteiger partial charge on any atom is 0.176 e. The van der Waals surface area contributed by atoms with Crippen molar-refractivity contribution in [2.45, 2.75) is 50.1 Å². The van der Waals surface area contributed by atoms with Crippen LogP contribution in [0, 0.1) is 11.8 Å². The molecule has 2 heterocycles. The number of phenolic OH excluding ortho intramolecular Hbond substituents is 1. The standard InChI is InChI=1S/C22H24O6/c1-11(10-23)5-6-21-20(26)13-7-16(12(2)27-21)22(21)17(8-13)19(25)15-4-3-14(24)9-18(15)28-22/h3-5,8-9,12-13,16,19,23-25H,6-7,10H2,1-2H3/b11-5+. The molecule has 0 amide bonds. The summed E-state index contributed by atoms with van der Waals surface area (Å²) in [7, 11) is 0. The van der Waals surface area contributed by atoms with Crippen molar-refractivity contribution in [1.82, 2.24) is 0 Å². The van der Waals surface area contributed by atoms with Gasteiger partial charge in [0.2, 0.25) is 0 Å². The van der Waals surface area contributed by atoms with Gasteiger partial charge in [-0.3, -0.25) is 4.79 Å². The number of hydrogen-bond acceptors (Lipinski definition) is 6. The van der Waals surface area contributed by atoms with Crippen molar-refractivity contribution in [3.8, 4) is 11.5 Å². The molecule has 2 fully saturated rings. The molecule has 2 aliphatic heterocycles. The van der Waals surface area contributed by atoms with Crippen molar-refractivity contribution in [3.05, 3.63) is 47.1 Å². The van der Waals surface area contributed by atoms with E-state index in [1.165, 1.54) is 12.1 Å². The third-order valence-corrected chi connectivity index (χ3v) is 6.97. The number of aromatic hydroxyl groups is 1. The number of carbonyl (C=O) groups excluding carboxylic acids is 1. The van der Waals surface area contributed by atoms with Gasteiger partial charge in [-0.05, 0) is 32.4 Å². The third-order valence-electron chi connectivity index (χ3n) is 6.97. The van der Waals surface area contributed by atoms with E-state index in [1.807, 2.05) is 19.1 Å². The fourth-order valence-corrected chi connectivity index (χ4v) is 5.70. The summed E-state index contributed by atoms with van der Waals surface area (Å²) >= 11 is 0. The molecule has 3 N–H and O–H groups in total. The van der Waals surface area contributed by atoms with Gasteiger partial charge in [-0.15, -0.1) is 0 Å². The lowest BCUT2D eigenvalue weighted by atomic mass is 9.52. The fraction of sp³-hybridized carbons (Fsp3) is 0.500. The van der Waals surface area contributed by atoms with Crippen LogP contribution in [0.5, 0.6) is 11.5 Å². The van der Waals surface area contributed by atoms with Crippen molar-refractivity contribution in [2.75, 3.05) is 6.61 Å². The Balaban J connectivity index is 1.74. The summed E-state index contributed by atoms with van der Waals surface area (Å²) in [6.07, 6.45) is 3.45. The fourth-order valence-electron chi connectivity index (χ4n) is 5.70. The molecule has 28 heavy (non-hydrogen) atoms. The molecule has 3 aliphatic carbocycles. The zero-order valence-corrected chi connectivity index (χ0v) is 15.9. The number of carbonyl (C=O) groups is 1. The molecule has 5 aliphatic rings. The van der Waals surface area contributed by atoms with Crippen LogP contribution in [-0.4, -0.2) is 45.0 Å². The zero-order chi connectivity index (χ0) is 19.8. The lowest BCUT2D eigenvalue weighted by Gasteiger charge is -2.57. The van der Waals surface area contributed by atoms with Crippen molar-refractivity contribution in [2.24, 2.45) is 11.8 Å². The Morgan fingerprint density at radius 1 is 1.39 bits per heavy atom. The zero-order valence-electron chi connectivity index (χ0n) is 15.9. The summed E-state index contributed by atoms with van der Waals surface area (Å²) in [6.45, 7) is 3.65. The second-order valence-electron chi connectivity index (χ2n) is 8.46. The summed E-state index contributed by atoms with van der Waals surface area (Å²) in [6, 6.07) is 4.66. The van der Waals surface area contributed by atoms with Crippen LogP contribution in [0.25, 0.3) is 0 Å². The Hall–Kier alpha value is -2.15. The molecular formula is C22H24O6. The predicted octanol–water partition coefficient (Wildman–Crippen LogP) is 2.19. The summed E-state index contributed by atoms with van der Waals surface area (Å²) < 4.78 is 12.9. The van der Waals surface area contributed by atoms with Gasteiger partial charge < -0.3 is 24.8 Å². The number of ether oxygens (including phenoxy) is 2. The maximum absolute atomic E-state index is 13.5. The number of aliphatic hydroxyl groups excluding tert-OH is 2. The average molecular weight is 384 g/mol. The average Bonchev–Trinajstić information content (AvgIpc) is 2.87. The quantitative estimate of drug-likeness (QED) is 0.692. The summed E-state index contributed by atoms with van der Waals surface area (Å²) in [4.78, 5) is 13.5. The van der Waals surface area contributed by atoms with E-state index in [-0.39, 0.29) is 42.5 Å². The van der Waals surface area contributed by atoms with Gasteiger partial charge >= 0.3 is 0 Å². The van der Waals surface area contributed by atoms with Gasteiger partial charge in [-0.2, -0.15) is 0 Å². The first-order valence-corrected chi connectivity index (χ1v) is 9.75. The number of allylic oxidation sites excluding steroid dienone is 1. The van der Waals surface area contributed by atoms with Crippen LogP contribution in [0.15, 0.2) is 41.5 Å². The van der Waals surface area contributed by atoms with E-state index in [0.29, 0.717) is 23.3 Å². The van der Waals surface area contributed by atoms with E-state index in [1.54, 1.807) is 13.0 Å². The molecule has 0 radical (unpaired) electrons. The molecule has 6 nitrogen and oxygen atoms in total. The minimum Gasteiger partial charge on any atom is -0.508 e. The van der Waals surface area contributed by atoms with Gasteiger partial charge in [0.1, 0.15) is 17.6 Å². The summed E-state index contributed by atoms with van der Waals surface area (Å²) in [5.41, 5.74) is -0.334. The molecule has 6 rings (SSSR count). The topological polar surface area (TPSA) is 96.2 Å². The number of ketones is 1. The molecule has 148 valence electrons.